The van der Waals surface area contributed by atoms with Crippen LogP contribution >= 0.6 is 11.6 Å². The number of nitrogens with one attached hydrogen (secondary N) is 1. The molecule has 0 bridgehead atoms. The highest BCUT2D eigenvalue weighted by molar-refractivity contribution is 6.30. The molecule has 0 radical (unpaired) electrons. The molecule has 6 heteroatoms. The normalized spacial score (nSPS) is 14.0. The van der Waals surface area contributed by atoms with Crippen LogP contribution < -0.4 is 4.74 Å². The van der Waals surface area contributed by atoms with E-state index in [9.17, 15) is 9.59 Å². The van der Waals surface area contributed by atoms with Gasteiger partial charge in [-0.15, -0.1) is 0 Å². The average Bonchev–Trinajstić information content (AvgIpc) is 3.25. The molecule has 3 rings (SSSR count). The summed E-state index contributed by atoms with van der Waals surface area (Å²) in [5.74, 6) is 0.388. The minimum atomic E-state index is -0.180. The highest BCUT2D eigenvalue weighted by Crippen LogP contribution is 2.22. The molecule has 24 heavy (non-hydrogen) atoms. The lowest BCUT2D eigenvalue weighted by molar-refractivity contribution is 0.0787. The van der Waals surface area contributed by atoms with E-state index in [-0.39, 0.29) is 18.3 Å². The molecule has 0 atom stereocenters. The van der Waals surface area contributed by atoms with Gasteiger partial charge in [0.15, 0.2) is 6.61 Å². The largest absolute Gasteiger partial charge is 0.485 e. The van der Waals surface area contributed by atoms with Crippen molar-refractivity contribution in [3.8, 4) is 5.75 Å². The molecule has 0 unspecified atom stereocenters. The fraction of sp³-hybridized carbons (Fsp3) is 0.333. The van der Waals surface area contributed by atoms with Gasteiger partial charge in [0.05, 0.1) is 0 Å². The molecule has 1 aromatic carbocycles. The van der Waals surface area contributed by atoms with Crippen LogP contribution in [0.1, 0.15) is 39.3 Å². The predicted octanol–water partition coefficient (Wildman–Crippen LogP) is 3.47. The fourth-order valence-electron chi connectivity index (χ4n) is 2.77. The standard InChI is InChI=1S/C18H19ClN2O3/c1-12-8-14(19)4-5-17(12)24-11-16(22)13-9-15(20-10-13)18(23)21-6-2-3-7-21/h4-5,8-10,20H,2-3,6-7,11H2,1H3. The maximum absolute atomic E-state index is 12.3. The Bertz CT molecular complexity index is 763. The molecule has 0 aliphatic carbocycles. The molecule has 5 nitrogen and oxygen atoms in total. The van der Waals surface area contributed by atoms with Crippen LogP contribution in [0.4, 0.5) is 0 Å². The van der Waals surface area contributed by atoms with E-state index < -0.39 is 0 Å². The Kier molecular flexibility index (Phi) is 4.90. The van der Waals surface area contributed by atoms with Crippen molar-refractivity contribution in [2.75, 3.05) is 19.7 Å². The van der Waals surface area contributed by atoms with Crippen molar-refractivity contribution in [2.24, 2.45) is 0 Å². The lowest BCUT2D eigenvalue weighted by Gasteiger charge is -2.13. The molecule has 0 saturated carbocycles. The molecular weight excluding hydrogens is 328 g/mol. The number of rotatable bonds is 5. The number of ether oxygens (including phenoxy) is 1. The van der Waals surface area contributed by atoms with Crippen LogP contribution in [-0.2, 0) is 0 Å². The number of benzene rings is 1. The van der Waals surface area contributed by atoms with Gasteiger partial charge in [0.2, 0.25) is 5.78 Å². The summed E-state index contributed by atoms with van der Waals surface area (Å²) >= 11 is 5.90. The van der Waals surface area contributed by atoms with Gasteiger partial charge in [-0.1, -0.05) is 11.6 Å². The van der Waals surface area contributed by atoms with E-state index in [4.69, 9.17) is 16.3 Å². The van der Waals surface area contributed by atoms with Gasteiger partial charge in [-0.05, 0) is 49.6 Å². The van der Waals surface area contributed by atoms with Crippen molar-refractivity contribution >= 4 is 23.3 Å². The molecule has 1 amide bonds. The Morgan fingerprint density at radius 3 is 2.71 bits per heavy atom. The monoisotopic (exact) mass is 346 g/mol. The van der Waals surface area contributed by atoms with E-state index in [0.717, 1.165) is 31.5 Å². The zero-order valence-electron chi connectivity index (χ0n) is 13.5. The van der Waals surface area contributed by atoms with Gasteiger partial charge in [-0.3, -0.25) is 9.59 Å². The van der Waals surface area contributed by atoms with Crippen LogP contribution in [-0.4, -0.2) is 41.3 Å². The number of ketones is 1. The molecular formula is C18H19ClN2O3. The Balaban J connectivity index is 1.62. The Hall–Kier alpha value is -2.27. The number of hydrogen-bond acceptors (Lipinski definition) is 3. The predicted molar refractivity (Wildman–Crippen MR) is 91.9 cm³/mol. The third-order valence-corrected chi connectivity index (χ3v) is 4.36. The third kappa shape index (κ3) is 3.62. The Morgan fingerprint density at radius 2 is 2.00 bits per heavy atom. The molecule has 1 aliphatic rings. The number of likely N-dealkylation sites (tertiary alicyclic amines) is 1. The number of hydrogen-bond donors (Lipinski definition) is 1. The van der Waals surface area contributed by atoms with Gasteiger partial charge in [0.25, 0.3) is 5.91 Å². The lowest BCUT2D eigenvalue weighted by Crippen LogP contribution is -2.27. The van der Waals surface area contributed by atoms with Gasteiger partial charge in [0.1, 0.15) is 11.4 Å². The zero-order chi connectivity index (χ0) is 17.1. The molecule has 1 N–H and O–H groups in total. The first kappa shape index (κ1) is 16.6. The van der Waals surface area contributed by atoms with Crippen LogP contribution in [0.15, 0.2) is 30.5 Å². The number of amides is 1. The highest BCUT2D eigenvalue weighted by Gasteiger charge is 2.21. The summed E-state index contributed by atoms with van der Waals surface area (Å²) in [6.07, 6.45) is 3.63. The lowest BCUT2D eigenvalue weighted by atomic mass is 10.2. The van der Waals surface area contributed by atoms with Crippen LogP contribution in [0.2, 0.25) is 5.02 Å². The SMILES string of the molecule is Cc1cc(Cl)ccc1OCC(=O)c1c[nH]c(C(=O)N2CCCC2)c1. The minimum Gasteiger partial charge on any atom is -0.485 e. The third-order valence-electron chi connectivity index (χ3n) is 4.12. The number of Topliss-reactive ketones (excluding diaryl/α,β-unsaturated/α-hetero) is 1. The van der Waals surface area contributed by atoms with Crippen LogP contribution in [0, 0.1) is 6.92 Å². The van der Waals surface area contributed by atoms with Crippen molar-refractivity contribution in [3.63, 3.8) is 0 Å². The van der Waals surface area contributed by atoms with Crippen molar-refractivity contribution in [1.29, 1.82) is 0 Å². The molecule has 1 saturated heterocycles. The number of aromatic amines is 1. The van der Waals surface area contributed by atoms with Crippen molar-refractivity contribution in [2.45, 2.75) is 19.8 Å². The van der Waals surface area contributed by atoms with Gasteiger partial charge < -0.3 is 14.6 Å². The van der Waals surface area contributed by atoms with Gasteiger partial charge in [0, 0.05) is 29.9 Å². The molecule has 2 aromatic rings. The van der Waals surface area contributed by atoms with Gasteiger partial charge in [-0.25, -0.2) is 0 Å². The molecule has 1 fully saturated rings. The van der Waals surface area contributed by atoms with E-state index >= 15 is 0 Å². The quantitative estimate of drug-likeness (QED) is 0.843. The summed E-state index contributed by atoms with van der Waals surface area (Å²) in [6, 6.07) is 6.84. The molecule has 0 spiro atoms. The van der Waals surface area contributed by atoms with Crippen LogP contribution in [0.3, 0.4) is 0 Å². The second-order valence-corrected chi connectivity index (χ2v) is 6.36. The van der Waals surface area contributed by atoms with Gasteiger partial charge >= 0.3 is 0 Å². The summed E-state index contributed by atoms with van der Waals surface area (Å²) in [5.41, 5.74) is 1.77. The van der Waals surface area contributed by atoms with Crippen molar-refractivity contribution in [1.82, 2.24) is 9.88 Å². The average molecular weight is 347 g/mol. The first-order valence-electron chi connectivity index (χ1n) is 7.94. The summed E-state index contributed by atoms with van der Waals surface area (Å²) < 4.78 is 5.56. The van der Waals surface area contributed by atoms with E-state index in [0.29, 0.717) is 22.0 Å². The smallest absolute Gasteiger partial charge is 0.270 e. The molecule has 126 valence electrons. The van der Waals surface area contributed by atoms with Gasteiger partial charge in [-0.2, -0.15) is 0 Å². The number of aromatic nitrogens is 1. The van der Waals surface area contributed by atoms with Crippen molar-refractivity contribution < 1.29 is 14.3 Å². The Labute approximate surface area is 145 Å². The summed E-state index contributed by atoms with van der Waals surface area (Å²) in [6.45, 7) is 3.34. The summed E-state index contributed by atoms with van der Waals surface area (Å²) in [4.78, 5) is 29.2. The minimum absolute atomic E-state index is 0.0546. The number of nitrogens with zero attached hydrogens (tertiary/aromatic N) is 1. The summed E-state index contributed by atoms with van der Waals surface area (Å²) in [5, 5.41) is 0.627. The van der Waals surface area contributed by atoms with E-state index in [1.807, 2.05) is 6.92 Å². The number of carbonyl (C=O) groups is 2. The first-order valence-corrected chi connectivity index (χ1v) is 8.32. The van der Waals surface area contributed by atoms with E-state index in [1.165, 1.54) is 0 Å². The number of halogens is 1. The Morgan fingerprint density at radius 1 is 1.25 bits per heavy atom. The highest BCUT2D eigenvalue weighted by atomic mass is 35.5. The maximum Gasteiger partial charge on any atom is 0.270 e. The second kappa shape index (κ2) is 7.09. The second-order valence-electron chi connectivity index (χ2n) is 5.92. The maximum atomic E-state index is 12.3. The van der Waals surface area contributed by atoms with E-state index in [2.05, 4.69) is 4.98 Å². The molecule has 2 heterocycles. The van der Waals surface area contributed by atoms with Crippen LogP contribution in [0.5, 0.6) is 5.75 Å². The molecule has 1 aliphatic heterocycles. The number of H-pyrrole nitrogens is 1. The summed E-state index contributed by atoms with van der Waals surface area (Å²) in [7, 11) is 0. The zero-order valence-corrected chi connectivity index (χ0v) is 14.2. The number of carbonyl (C=O) groups excluding carboxylic acids is 2. The fourth-order valence-corrected chi connectivity index (χ4v) is 3.00. The number of aryl methyl sites for hydroxylation is 1. The topological polar surface area (TPSA) is 62.4 Å². The first-order chi connectivity index (χ1) is 11.5. The van der Waals surface area contributed by atoms with E-state index in [1.54, 1.807) is 35.4 Å². The van der Waals surface area contributed by atoms with Crippen LogP contribution in [0.25, 0.3) is 0 Å². The van der Waals surface area contributed by atoms with Crippen molar-refractivity contribution in [3.05, 3.63) is 52.3 Å². The molecule has 1 aromatic heterocycles.